The zero-order chi connectivity index (χ0) is 14.6. The number of alkyl halides is 1. The van der Waals surface area contributed by atoms with E-state index in [1.54, 1.807) is 6.92 Å². The van der Waals surface area contributed by atoms with Gasteiger partial charge < -0.3 is 13.9 Å². The van der Waals surface area contributed by atoms with Gasteiger partial charge in [-0.2, -0.15) is 4.39 Å². The molecule has 0 aromatic carbocycles. The maximum Gasteiger partial charge on any atom is 0.374 e. The summed E-state index contributed by atoms with van der Waals surface area (Å²) in [6.07, 6.45) is 0. The molecule has 0 aromatic heterocycles. The van der Waals surface area contributed by atoms with Gasteiger partial charge in [0.1, 0.15) is 6.61 Å². The van der Waals surface area contributed by atoms with Crippen LogP contribution in [-0.4, -0.2) is 40.5 Å². The van der Waals surface area contributed by atoms with Crippen LogP contribution in [0.5, 0.6) is 0 Å². The van der Waals surface area contributed by atoms with Gasteiger partial charge in [0.2, 0.25) is 0 Å². The molecule has 0 N–H and O–H groups in total. The minimum Gasteiger partial charge on any atom is -0.462 e. The summed E-state index contributed by atoms with van der Waals surface area (Å²) in [4.78, 5) is 11.5. The summed E-state index contributed by atoms with van der Waals surface area (Å²) in [5.74, 6) is -3.56. The van der Waals surface area contributed by atoms with Gasteiger partial charge in [0.25, 0.3) is 0 Å². The molecule has 0 spiro atoms. The van der Waals surface area contributed by atoms with E-state index >= 15 is 0 Å². The van der Waals surface area contributed by atoms with Gasteiger partial charge in [-0.3, -0.25) is 0 Å². The maximum atomic E-state index is 14.2. The number of ether oxygens (including phenoxy) is 2. The number of halogens is 1. The highest BCUT2D eigenvalue weighted by Gasteiger charge is 2.45. The molecule has 0 saturated heterocycles. The molecule has 4 nitrogen and oxygen atoms in total. The van der Waals surface area contributed by atoms with Gasteiger partial charge in [-0.1, -0.05) is 20.8 Å². The highest BCUT2D eigenvalue weighted by atomic mass is 28.4. The van der Waals surface area contributed by atoms with Crippen LogP contribution in [-0.2, 0) is 18.7 Å². The van der Waals surface area contributed by atoms with Crippen molar-refractivity contribution in [3.8, 4) is 0 Å². The van der Waals surface area contributed by atoms with Gasteiger partial charge >= 0.3 is 11.8 Å². The van der Waals surface area contributed by atoms with Crippen LogP contribution in [0.15, 0.2) is 0 Å². The predicted octanol–water partition coefficient (Wildman–Crippen LogP) is 2.88. The van der Waals surface area contributed by atoms with Crippen molar-refractivity contribution in [1.82, 2.24) is 0 Å². The third kappa shape index (κ3) is 4.33. The molecule has 0 bridgehead atoms. The van der Waals surface area contributed by atoms with E-state index in [0.29, 0.717) is 0 Å². The first-order valence-electron chi connectivity index (χ1n) is 6.05. The Hall–Kier alpha value is -0.463. The monoisotopic (exact) mass is 280 g/mol. The van der Waals surface area contributed by atoms with E-state index in [-0.39, 0.29) is 11.6 Å². The second-order valence-electron chi connectivity index (χ2n) is 5.70. The number of esters is 1. The maximum absolute atomic E-state index is 14.2. The van der Waals surface area contributed by atoms with Crippen molar-refractivity contribution in [2.24, 2.45) is 0 Å². The minimum absolute atomic E-state index is 0.0592. The van der Waals surface area contributed by atoms with Gasteiger partial charge in [0, 0.05) is 7.11 Å². The van der Waals surface area contributed by atoms with Crippen LogP contribution in [0.3, 0.4) is 0 Å². The summed E-state index contributed by atoms with van der Waals surface area (Å²) in [7, 11) is -0.997. The highest BCUT2D eigenvalue weighted by Crippen LogP contribution is 2.37. The summed E-state index contributed by atoms with van der Waals surface area (Å²) in [5, 5.41) is -0.0592. The second-order valence-corrected chi connectivity index (χ2v) is 10.5. The number of carbonyl (C=O) groups is 1. The first-order valence-corrected chi connectivity index (χ1v) is 8.96. The topological polar surface area (TPSA) is 44.8 Å². The van der Waals surface area contributed by atoms with Crippen LogP contribution in [0.25, 0.3) is 0 Å². The van der Waals surface area contributed by atoms with Crippen molar-refractivity contribution < 1.29 is 23.1 Å². The Kier molecular flexibility index (Phi) is 5.96. The lowest BCUT2D eigenvalue weighted by Gasteiger charge is -2.37. The Bertz CT molecular complexity index is 288. The lowest BCUT2D eigenvalue weighted by atomic mass is 10.2. The molecule has 0 aromatic rings. The quantitative estimate of drug-likeness (QED) is 0.554. The first kappa shape index (κ1) is 17.5. The van der Waals surface area contributed by atoms with E-state index in [1.165, 1.54) is 0 Å². The summed E-state index contributed by atoms with van der Waals surface area (Å²) in [6.45, 7) is 11.4. The summed E-state index contributed by atoms with van der Waals surface area (Å²) in [5.41, 5.74) is 0. The van der Waals surface area contributed by atoms with Crippen LogP contribution in [0.4, 0.5) is 4.39 Å². The number of methoxy groups -OCH3 is 1. The van der Waals surface area contributed by atoms with Crippen LogP contribution < -0.4 is 0 Å². The molecule has 108 valence electrons. The van der Waals surface area contributed by atoms with Gasteiger partial charge in [-0.15, -0.1) is 0 Å². The third-order valence-electron chi connectivity index (χ3n) is 3.33. The summed E-state index contributed by atoms with van der Waals surface area (Å²) in [6, 6.07) is 0. The molecule has 0 aliphatic rings. The fraction of sp³-hybridized carbons (Fsp3) is 0.917. The molecule has 18 heavy (non-hydrogen) atoms. The second kappa shape index (κ2) is 6.12. The van der Waals surface area contributed by atoms with E-state index in [1.807, 2.05) is 33.9 Å². The van der Waals surface area contributed by atoms with Crippen molar-refractivity contribution >= 4 is 14.3 Å². The zero-order valence-corrected chi connectivity index (χ0v) is 13.4. The Morgan fingerprint density at radius 2 is 1.78 bits per heavy atom. The highest BCUT2D eigenvalue weighted by molar-refractivity contribution is 6.74. The minimum atomic E-state index is -2.52. The molecule has 0 amide bonds. The van der Waals surface area contributed by atoms with Crippen molar-refractivity contribution in [2.45, 2.75) is 51.7 Å². The van der Waals surface area contributed by atoms with Gasteiger partial charge in [0.15, 0.2) is 8.32 Å². The molecule has 6 heteroatoms. The molecule has 1 atom stereocenters. The van der Waals surface area contributed by atoms with Crippen LogP contribution in [0.2, 0.25) is 18.1 Å². The van der Waals surface area contributed by atoms with Crippen molar-refractivity contribution in [3.63, 3.8) is 0 Å². The SMILES string of the molecule is CCOC(=O)C(F)(CO[Si](C)(C)C(C)(C)C)OC. The molecular formula is C12H25FO4Si. The number of rotatable bonds is 6. The standard InChI is InChI=1S/C12H25FO4Si/c1-8-16-10(14)12(13,15-5)9-17-18(6,7)11(2,3)4/h8-9H2,1-7H3. The van der Waals surface area contributed by atoms with Crippen LogP contribution in [0.1, 0.15) is 27.7 Å². The van der Waals surface area contributed by atoms with E-state index < -0.39 is 26.7 Å². The van der Waals surface area contributed by atoms with Crippen LogP contribution in [0, 0.1) is 0 Å². The van der Waals surface area contributed by atoms with Crippen molar-refractivity contribution in [2.75, 3.05) is 20.3 Å². The Labute approximate surface area is 110 Å². The fourth-order valence-electron chi connectivity index (χ4n) is 0.930. The fourth-order valence-corrected chi connectivity index (χ4v) is 1.91. The molecule has 0 radical (unpaired) electrons. The third-order valence-corrected chi connectivity index (χ3v) is 7.81. The molecule has 0 rings (SSSR count). The molecule has 0 aliphatic carbocycles. The average molecular weight is 280 g/mol. The molecule has 0 fully saturated rings. The van der Waals surface area contributed by atoms with E-state index in [4.69, 9.17) is 4.43 Å². The van der Waals surface area contributed by atoms with E-state index in [9.17, 15) is 9.18 Å². The van der Waals surface area contributed by atoms with Crippen molar-refractivity contribution in [3.05, 3.63) is 0 Å². The normalized spacial score (nSPS) is 16.2. The molecule has 0 heterocycles. The Balaban J connectivity index is 4.71. The molecule has 0 aliphatic heterocycles. The molecule has 1 unspecified atom stereocenters. The Morgan fingerprint density at radius 3 is 2.11 bits per heavy atom. The summed E-state index contributed by atoms with van der Waals surface area (Å²) < 4.78 is 29.1. The number of hydrogen-bond acceptors (Lipinski definition) is 4. The van der Waals surface area contributed by atoms with Crippen molar-refractivity contribution in [1.29, 1.82) is 0 Å². The number of hydrogen-bond donors (Lipinski definition) is 0. The summed E-state index contributed by atoms with van der Waals surface area (Å²) >= 11 is 0. The smallest absolute Gasteiger partial charge is 0.374 e. The zero-order valence-electron chi connectivity index (χ0n) is 12.4. The molecule has 0 saturated carbocycles. The average Bonchev–Trinajstić information content (AvgIpc) is 2.24. The lowest BCUT2D eigenvalue weighted by molar-refractivity contribution is -0.201. The van der Waals surface area contributed by atoms with Gasteiger partial charge in [-0.25, -0.2) is 4.79 Å². The Morgan fingerprint density at radius 1 is 1.28 bits per heavy atom. The number of carbonyl (C=O) groups excluding carboxylic acids is 1. The van der Waals surface area contributed by atoms with Crippen LogP contribution >= 0.6 is 0 Å². The van der Waals surface area contributed by atoms with Gasteiger partial charge in [-0.05, 0) is 25.1 Å². The molecular weight excluding hydrogens is 255 g/mol. The lowest BCUT2D eigenvalue weighted by Crippen LogP contribution is -2.49. The first-order chi connectivity index (χ1) is 8.00. The van der Waals surface area contributed by atoms with E-state index in [0.717, 1.165) is 7.11 Å². The predicted molar refractivity (Wildman–Crippen MR) is 70.6 cm³/mol. The van der Waals surface area contributed by atoms with Gasteiger partial charge in [0.05, 0.1) is 6.61 Å². The largest absolute Gasteiger partial charge is 0.462 e. The van der Waals surface area contributed by atoms with E-state index in [2.05, 4.69) is 9.47 Å².